The molecule has 0 radical (unpaired) electrons. The molecule has 0 saturated carbocycles. The van der Waals surface area contributed by atoms with Gasteiger partial charge in [0.25, 0.3) is 24.8 Å². The number of halogens is 5. The molecule has 6 aliphatic rings. The quantitative estimate of drug-likeness (QED) is 0.00305. The summed E-state index contributed by atoms with van der Waals surface area (Å²) in [5.74, 6) is -0.263. The number of unbranched alkanes of at least 4 members (excludes halogenated alkanes) is 4. The van der Waals surface area contributed by atoms with E-state index >= 15 is 17.6 Å². The summed E-state index contributed by atoms with van der Waals surface area (Å²) in [6.45, 7) is -1.60. The number of benzene rings is 3. The smallest absolute Gasteiger partial charge is 0.475 e. The van der Waals surface area contributed by atoms with Gasteiger partial charge in [-0.15, -0.1) is 5.25 Å². The number of carbonyl (C=O) groups is 2. The molecule has 6 aromatic heterocycles. The molecule has 4 unspecified atom stereocenters. The number of aromatic amines is 2. The number of amides is 1. The highest BCUT2D eigenvalue weighted by Gasteiger charge is 2.58. The van der Waals surface area contributed by atoms with Crippen molar-refractivity contribution in [3.63, 3.8) is 0 Å². The van der Waals surface area contributed by atoms with E-state index in [9.17, 15) is 48.0 Å². The lowest BCUT2D eigenvalue weighted by molar-refractivity contribution is -0.781. The summed E-state index contributed by atoms with van der Waals surface area (Å²) < 4.78 is 186. The number of nitrogens with zero attached hydrogens (tertiary/aromatic N) is 12. The molecule has 15 rings (SSSR count). The minimum atomic E-state index is -5.42. The third kappa shape index (κ3) is 26.1. The van der Waals surface area contributed by atoms with Crippen LogP contribution in [0.25, 0.3) is 27.2 Å². The van der Waals surface area contributed by atoms with E-state index in [-0.39, 0.29) is 80.5 Å². The number of quaternary nitrogens is 2. The van der Waals surface area contributed by atoms with Crippen LogP contribution in [0.15, 0.2) is 148 Å². The van der Waals surface area contributed by atoms with Crippen LogP contribution < -0.4 is 54.6 Å². The van der Waals surface area contributed by atoms with E-state index in [0.29, 0.717) is 22.1 Å². The van der Waals surface area contributed by atoms with Crippen LogP contribution in [0.2, 0.25) is 0 Å². The first kappa shape index (κ1) is 105. The number of anilines is 2. The first-order chi connectivity index (χ1) is 62.0. The van der Waals surface area contributed by atoms with E-state index in [2.05, 4.69) is 69.6 Å². The van der Waals surface area contributed by atoms with Gasteiger partial charge in [-0.2, -0.15) is 5.26 Å². The zero-order valence-corrected chi connectivity index (χ0v) is 76.1. The van der Waals surface area contributed by atoms with Crippen LogP contribution in [-0.4, -0.2) is 208 Å². The van der Waals surface area contributed by atoms with Gasteiger partial charge in [-0.1, -0.05) is 106 Å². The second kappa shape index (κ2) is 48.2. The van der Waals surface area contributed by atoms with E-state index in [1.807, 2.05) is 58.5 Å². The zero-order valence-electron chi connectivity index (χ0n) is 68.8. The van der Waals surface area contributed by atoms with Gasteiger partial charge in [0.15, 0.2) is 78.0 Å². The van der Waals surface area contributed by atoms with E-state index in [0.717, 1.165) is 89.5 Å². The van der Waals surface area contributed by atoms with Crippen molar-refractivity contribution in [1.82, 2.24) is 64.3 Å². The number of fused-ring (bicyclic) bond motifs is 10. The van der Waals surface area contributed by atoms with Crippen LogP contribution in [0, 0.1) is 17.9 Å². The van der Waals surface area contributed by atoms with Gasteiger partial charge in [0.2, 0.25) is 6.54 Å². The number of phosphoric ester groups is 2. The Balaban J connectivity index is 0.000000216. The number of imidazole rings is 2. The highest BCUT2D eigenvalue weighted by Crippen LogP contribution is 2.59. The van der Waals surface area contributed by atoms with Crippen molar-refractivity contribution in [2.24, 2.45) is 0 Å². The van der Waals surface area contributed by atoms with Crippen molar-refractivity contribution in [1.29, 1.82) is 5.26 Å². The third-order valence-corrected chi connectivity index (χ3v) is 28.0. The van der Waals surface area contributed by atoms with Crippen LogP contribution in [0.3, 0.4) is 0 Å². The largest absolute Gasteiger partial charge is 0.756 e. The van der Waals surface area contributed by atoms with Crippen molar-refractivity contribution >= 4 is 121 Å². The van der Waals surface area contributed by atoms with Crippen LogP contribution >= 0.6 is 51.6 Å². The average molecular weight is 2080 g/mol. The Morgan fingerprint density at radius 2 is 1.17 bits per heavy atom. The minimum absolute atomic E-state index is 0. The molecule has 9 aromatic rings. The van der Waals surface area contributed by atoms with Gasteiger partial charge in [-0.3, -0.25) is 74.3 Å². The number of aryl methyl sites for hydroxylation is 1. The summed E-state index contributed by atoms with van der Waals surface area (Å²) in [6, 6.07) is 27.4. The molecular weight excluding hydrogens is 1980 g/mol. The van der Waals surface area contributed by atoms with Crippen LogP contribution in [-0.2, 0) is 113 Å². The molecule has 0 spiro atoms. The predicted octanol–water partition coefficient (Wildman–Crippen LogP) is 9.42. The molecule has 20 atom stereocenters. The van der Waals surface area contributed by atoms with Gasteiger partial charge in [0, 0.05) is 59.5 Å². The number of carbonyl (C=O) groups excluding carboxylic acids is 2. The molecule has 1 amide bonds. The summed E-state index contributed by atoms with van der Waals surface area (Å²) in [5, 5.41) is 22.1. The number of alkyl halides is 5. The first-order valence-electron chi connectivity index (χ1n) is 39.8. The molecule has 0 aliphatic carbocycles. The van der Waals surface area contributed by atoms with Gasteiger partial charge in [-0.05, 0) is 85.0 Å². The molecule has 3 aromatic carbocycles. The summed E-state index contributed by atoms with van der Waals surface area (Å²) >= 11 is 13.2. The minimum Gasteiger partial charge on any atom is -0.756 e. The predicted molar refractivity (Wildman–Crippen MR) is 475 cm³/mol. The lowest BCUT2D eigenvalue weighted by Gasteiger charge is -2.30. The number of nitrogens with two attached hydrogens (primary N) is 2. The third-order valence-electron chi connectivity index (χ3n) is 20.2. The lowest BCUT2D eigenvalue weighted by atomic mass is 10.1. The fourth-order valence-electron chi connectivity index (χ4n) is 13.8. The Kier molecular flexibility index (Phi) is 38.4. The Hall–Kier alpha value is -8.71. The fourth-order valence-corrected chi connectivity index (χ4v) is 20.2. The van der Waals surface area contributed by atoms with Crippen molar-refractivity contribution in [2.75, 3.05) is 70.5 Å². The molecule has 8 bridgehead atoms. The van der Waals surface area contributed by atoms with Crippen molar-refractivity contribution in [3.8, 4) is 11.8 Å². The van der Waals surface area contributed by atoms with Crippen LogP contribution in [0.1, 0.15) is 123 Å². The number of ether oxygens (including phenoxy) is 6. The van der Waals surface area contributed by atoms with E-state index in [4.69, 9.17) is 115 Å². The molecule has 55 heteroatoms. The summed E-state index contributed by atoms with van der Waals surface area (Å²) in [7, 11) is -10.4. The van der Waals surface area contributed by atoms with Crippen molar-refractivity contribution in [2.45, 2.75) is 176 Å². The number of nitriles is 1. The van der Waals surface area contributed by atoms with Gasteiger partial charge in [-0.25, -0.2) is 78.2 Å². The van der Waals surface area contributed by atoms with Gasteiger partial charge in [0.1, 0.15) is 79.4 Å². The maximum absolute atomic E-state index is 16.7. The Labute approximate surface area is 773 Å². The summed E-state index contributed by atoms with van der Waals surface area (Å²) in [5.41, 5.74) is 5.86. The molecule has 716 valence electrons. The topological polar surface area (TPSA) is 575 Å². The van der Waals surface area contributed by atoms with Crippen molar-refractivity contribution < 1.29 is 125 Å². The molecule has 44 nitrogen and oxygen atoms in total. The standard InChI is InChI=1S/C32H31F2N9O12P2S.C24H31IO3.C19H22F2N8O11P2S.2CH4.H3N/c1-36-10-13-49-57(58)51-15-20-22(33)25(31(53-20)43-17-39-24-27(37-16-38-28(24)43)41-29(45)18-6-3-2-4-7-18)54-56(47,48-12-5-9-35)50-14-19-23(34)26(55-57)30(52-19)42-11-8-21(44)40-32(42)46;1-2-3-6-17-27-18-7-4-5-8-20-9-13-22(14-10-20)24(26)28-23-15-11-21(19-25)12-16-23;20-10-8-4-36-42(33,34)40-14-11(21)7(38-18(14)29-6-25-12-15(22)23-5-24-16(12)29)3-35-41(43,27-32)39-13(10)17(37-8)28-2-1-9(30)26-19(28)31;;;/h2-4,6-8,11,16-17,19-20,22-23,25-26,30-31H,5,10,12-15H2,(H,40,44,46)(H,37,38,41,45);9-16H,2-8,17-19H2,1H3;1-2,5-8,10-11,13-14,17-18,32H,3-4H2,(H,27,43)(H,33,34)(H2,22,23,24)(H,26,30,31);2*1H4;1H3/p+1/t19-,20-,22-,23-,25-,26-,30-,31-,56?,57?;;7-,8-,10-,11-,13-,14-,17-,18-,41?;;;/m1.1.../s1. The Bertz CT molecular complexity index is 5940. The molecule has 132 heavy (non-hydrogen) atoms. The van der Waals surface area contributed by atoms with Crippen LogP contribution in [0.4, 0.5) is 29.2 Å². The summed E-state index contributed by atoms with van der Waals surface area (Å²) in [4.78, 5) is 119. The fraction of sp³-hybridized carbons (Fsp3) is 0.481. The molecule has 12 N–H and O–H groups in total. The average Bonchev–Trinajstić information content (AvgIpc) is 1.62. The number of nitrogens with one attached hydrogen (secondary N) is 3. The maximum Gasteiger partial charge on any atom is 0.475 e. The van der Waals surface area contributed by atoms with E-state index in [1.165, 1.54) is 52.3 Å². The monoisotopic (exact) mass is 2080 g/mol. The molecule has 6 fully saturated rings. The van der Waals surface area contributed by atoms with Gasteiger partial charge < -0.3 is 73.5 Å². The Morgan fingerprint density at radius 1 is 0.644 bits per heavy atom. The van der Waals surface area contributed by atoms with Crippen molar-refractivity contribution in [3.05, 3.63) is 204 Å². The molecule has 12 heterocycles. The second-order valence-corrected chi connectivity index (χ2v) is 39.0. The second-order valence-electron chi connectivity index (χ2n) is 28.9. The van der Waals surface area contributed by atoms with Gasteiger partial charge >= 0.3 is 38.5 Å². The highest BCUT2D eigenvalue weighted by molar-refractivity contribution is 14.1. The Morgan fingerprint density at radius 3 is 1.73 bits per heavy atom. The number of aromatic nitrogens is 12. The number of nitrogen functional groups attached to an aromatic ring is 1. The number of hydrogen-bond acceptors (Lipinski definition) is 36. The van der Waals surface area contributed by atoms with Crippen LogP contribution in [0.5, 0.6) is 5.75 Å². The highest BCUT2D eigenvalue weighted by atomic mass is 127. The number of hydrogen-bond donors (Lipinski definition) is 7. The molecular formula is C77H96F4IN18O26P4S2+. The SMILES string of the molecule is C.C.CCCCCOCCCCCc1ccc(C(=O)Oc2ccc(CI)cc2)cc1.Nc1ncnc2c1ncn2[C@@H]1O[C@@H]2COP(=S)([NH2+]O)O[C@@H]3[C@H](F)[C@@H](COP(=O)([O-])O[C@@H]1[C@@H]2F)O[C@H]3n1ccc(=O)[nH]c1=O.[C-]#[N+]CCOP1(=S)OC[C@H]2O[C@@H](n3cnc4c(NC(=O)c5ccccc5)ncnc43)[C@H](OP(=O)(OCCC#N)OC[C@H]3O[C@@H](n4ccc(=O)[nH]c4=O)[C@H](O1)[C@@H]3F)[C@@H]2F.[NH4+]. The molecule has 6 aliphatic heterocycles. The zero-order chi connectivity index (χ0) is 91.7. The lowest BCUT2D eigenvalue weighted by Crippen LogP contribution is -2.76. The maximum atomic E-state index is 16.7. The van der Waals surface area contributed by atoms with Gasteiger partial charge in [0.05, 0.1) is 63.7 Å². The first-order valence-corrected chi connectivity index (χ1v) is 49.5. The normalized spacial score (nSPS) is 28.6. The summed E-state index contributed by atoms with van der Waals surface area (Å²) in [6.07, 6.45) is -14.9. The number of rotatable bonds is 26. The number of H-pyrrole nitrogens is 2. The van der Waals surface area contributed by atoms with E-state index in [1.54, 1.807) is 36.4 Å². The number of phosphoric acid groups is 2. The number of esters is 1. The van der Waals surface area contributed by atoms with E-state index < -0.39 is 189 Å². The molecule has 6 saturated heterocycles.